The van der Waals surface area contributed by atoms with Gasteiger partial charge in [-0.2, -0.15) is 0 Å². The summed E-state index contributed by atoms with van der Waals surface area (Å²) in [5, 5.41) is 0. The average molecular weight is 200 g/mol. The largest absolute Gasteiger partial charge is 0.381 e. The monoisotopic (exact) mass is 200 g/mol. The van der Waals surface area contributed by atoms with Gasteiger partial charge in [0, 0.05) is 13.2 Å². The Kier molecular flexibility index (Phi) is 11.0. The maximum atomic E-state index is 5.54. The molecule has 0 atom stereocenters. The lowest BCUT2D eigenvalue weighted by molar-refractivity contribution is 0.126. The number of ether oxygens (including phenoxy) is 1. The van der Waals surface area contributed by atoms with E-state index in [1.54, 1.807) is 0 Å². The number of unbranched alkanes of at least 4 members (excludes halogenated alkanes) is 4. The van der Waals surface area contributed by atoms with Crippen LogP contribution in [-0.2, 0) is 4.74 Å². The van der Waals surface area contributed by atoms with Gasteiger partial charge in [0.15, 0.2) is 0 Å². The highest BCUT2D eigenvalue weighted by Crippen LogP contribution is 2.08. The van der Waals surface area contributed by atoms with Gasteiger partial charge in [-0.3, -0.25) is 0 Å². The van der Waals surface area contributed by atoms with Crippen molar-refractivity contribution in [1.29, 1.82) is 0 Å². The van der Waals surface area contributed by atoms with Crippen LogP contribution in [-0.4, -0.2) is 13.2 Å². The van der Waals surface area contributed by atoms with Gasteiger partial charge in [0.25, 0.3) is 0 Å². The van der Waals surface area contributed by atoms with E-state index in [1.807, 2.05) is 0 Å². The molecule has 0 unspecified atom stereocenters. The van der Waals surface area contributed by atoms with Crippen LogP contribution in [0.15, 0.2) is 0 Å². The van der Waals surface area contributed by atoms with Crippen molar-refractivity contribution >= 4 is 0 Å². The summed E-state index contributed by atoms with van der Waals surface area (Å²) in [4.78, 5) is 0. The van der Waals surface area contributed by atoms with Gasteiger partial charge in [0.1, 0.15) is 0 Å². The molecule has 0 aliphatic carbocycles. The van der Waals surface area contributed by atoms with Crippen LogP contribution in [0.4, 0.5) is 0 Å². The van der Waals surface area contributed by atoms with E-state index in [4.69, 9.17) is 4.74 Å². The summed E-state index contributed by atoms with van der Waals surface area (Å²) in [7, 11) is 0. The van der Waals surface area contributed by atoms with Gasteiger partial charge in [-0.15, -0.1) is 0 Å². The van der Waals surface area contributed by atoms with Crippen molar-refractivity contribution < 1.29 is 4.74 Å². The highest BCUT2D eigenvalue weighted by atomic mass is 16.5. The Bertz CT molecular complexity index is 99.4. The molecular formula is C13H28O. The number of hydrogen-bond donors (Lipinski definition) is 0. The van der Waals surface area contributed by atoms with Crippen LogP contribution in [0.2, 0.25) is 0 Å². The third-order valence-corrected chi connectivity index (χ3v) is 2.46. The summed E-state index contributed by atoms with van der Waals surface area (Å²) in [6.07, 6.45) is 9.17. The van der Waals surface area contributed by atoms with Crippen LogP contribution >= 0.6 is 0 Å². The fourth-order valence-electron chi connectivity index (χ4n) is 1.49. The van der Waals surface area contributed by atoms with E-state index >= 15 is 0 Å². The second-order valence-corrected chi connectivity index (χ2v) is 4.56. The van der Waals surface area contributed by atoms with E-state index < -0.39 is 0 Å². The molecule has 14 heavy (non-hydrogen) atoms. The van der Waals surface area contributed by atoms with Crippen molar-refractivity contribution in [3.63, 3.8) is 0 Å². The molecular weight excluding hydrogens is 172 g/mol. The molecule has 0 radical (unpaired) electrons. The lowest BCUT2D eigenvalue weighted by Gasteiger charge is -2.05. The van der Waals surface area contributed by atoms with Crippen molar-refractivity contribution in [2.45, 2.75) is 65.7 Å². The first-order valence-corrected chi connectivity index (χ1v) is 6.35. The number of hydrogen-bond acceptors (Lipinski definition) is 1. The fraction of sp³-hybridized carbons (Fsp3) is 1.00. The Labute approximate surface area is 90.2 Å². The molecule has 1 nitrogen and oxygen atoms in total. The van der Waals surface area contributed by atoms with Crippen molar-refractivity contribution in [3.8, 4) is 0 Å². The third-order valence-electron chi connectivity index (χ3n) is 2.46. The Balaban J connectivity index is 2.85. The Morgan fingerprint density at radius 2 is 1.50 bits per heavy atom. The minimum atomic E-state index is 0.862. The van der Waals surface area contributed by atoms with E-state index in [9.17, 15) is 0 Å². The van der Waals surface area contributed by atoms with Gasteiger partial charge in [0.05, 0.1) is 0 Å². The number of rotatable bonds is 10. The predicted octanol–water partition coefficient (Wildman–Crippen LogP) is 4.41. The smallest absolute Gasteiger partial charge is 0.0466 e. The summed E-state index contributed by atoms with van der Waals surface area (Å²) in [5.41, 5.74) is 0. The maximum Gasteiger partial charge on any atom is 0.0466 e. The zero-order valence-corrected chi connectivity index (χ0v) is 10.3. The topological polar surface area (TPSA) is 9.23 Å². The standard InChI is InChI=1S/C13H28O/c1-4-5-8-11-14-12-9-6-7-10-13(2)3/h13H,4-12H2,1-3H3. The lowest BCUT2D eigenvalue weighted by Crippen LogP contribution is -1.97. The van der Waals surface area contributed by atoms with Crippen molar-refractivity contribution in [2.75, 3.05) is 13.2 Å². The highest BCUT2D eigenvalue weighted by Gasteiger charge is 1.94. The molecule has 1 heteroatoms. The van der Waals surface area contributed by atoms with E-state index in [-0.39, 0.29) is 0 Å². The van der Waals surface area contributed by atoms with Gasteiger partial charge in [-0.1, -0.05) is 52.9 Å². The van der Waals surface area contributed by atoms with Crippen LogP contribution < -0.4 is 0 Å². The zero-order valence-electron chi connectivity index (χ0n) is 10.3. The second-order valence-electron chi connectivity index (χ2n) is 4.56. The molecule has 0 bridgehead atoms. The Hall–Kier alpha value is -0.0400. The zero-order chi connectivity index (χ0) is 10.6. The summed E-state index contributed by atoms with van der Waals surface area (Å²) < 4.78 is 5.54. The summed E-state index contributed by atoms with van der Waals surface area (Å²) in [6.45, 7) is 8.76. The molecule has 0 fully saturated rings. The first kappa shape index (κ1) is 14.0. The summed E-state index contributed by atoms with van der Waals surface area (Å²) in [6, 6.07) is 0. The molecule has 86 valence electrons. The minimum absolute atomic E-state index is 0.862. The molecule has 0 aromatic heterocycles. The minimum Gasteiger partial charge on any atom is -0.381 e. The van der Waals surface area contributed by atoms with Gasteiger partial charge >= 0.3 is 0 Å². The molecule has 0 aliphatic rings. The van der Waals surface area contributed by atoms with Crippen LogP contribution in [0.5, 0.6) is 0 Å². The quantitative estimate of drug-likeness (QED) is 0.475. The molecule has 0 amide bonds. The fourth-order valence-corrected chi connectivity index (χ4v) is 1.49. The molecule has 0 aromatic rings. The van der Waals surface area contributed by atoms with Gasteiger partial charge < -0.3 is 4.74 Å². The molecule has 0 saturated carbocycles. The molecule has 0 heterocycles. The van der Waals surface area contributed by atoms with Crippen molar-refractivity contribution in [3.05, 3.63) is 0 Å². The summed E-state index contributed by atoms with van der Waals surface area (Å²) >= 11 is 0. The third kappa shape index (κ3) is 12.0. The first-order valence-electron chi connectivity index (χ1n) is 6.35. The second kappa shape index (κ2) is 11.0. The molecule has 0 aliphatic heterocycles. The van der Waals surface area contributed by atoms with Gasteiger partial charge in [-0.05, 0) is 18.8 Å². The van der Waals surface area contributed by atoms with E-state index in [0.29, 0.717) is 0 Å². The van der Waals surface area contributed by atoms with Crippen LogP contribution in [0.25, 0.3) is 0 Å². The molecule has 0 aromatic carbocycles. The predicted molar refractivity (Wildman–Crippen MR) is 63.7 cm³/mol. The van der Waals surface area contributed by atoms with Crippen LogP contribution in [0.1, 0.15) is 65.7 Å². The van der Waals surface area contributed by atoms with Crippen LogP contribution in [0.3, 0.4) is 0 Å². The molecule has 0 N–H and O–H groups in total. The van der Waals surface area contributed by atoms with E-state index in [2.05, 4.69) is 20.8 Å². The van der Waals surface area contributed by atoms with Gasteiger partial charge in [0.2, 0.25) is 0 Å². The lowest BCUT2D eigenvalue weighted by atomic mass is 10.1. The van der Waals surface area contributed by atoms with Crippen LogP contribution in [0, 0.1) is 5.92 Å². The molecule has 0 rings (SSSR count). The Morgan fingerprint density at radius 1 is 0.857 bits per heavy atom. The first-order chi connectivity index (χ1) is 6.77. The Morgan fingerprint density at radius 3 is 2.07 bits per heavy atom. The van der Waals surface area contributed by atoms with Gasteiger partial charge in [-0.25, -0.2) is 0 Å². The van der Waals surface area contributed by atoms with Crippen molar-refractivity contribution in [1.82, 2.24) is 0 Å². The average Bonchev–Trinajstić information content (AvgIpc) is 2.15. The molecule has 0 saturated heterocycles. The van der Waals surface area contributed by atoms with E-state index in [1.165, 1.54) is 44.9 Å². The highest BCUT2D eigenvalue weighted by molar-refractivity contribution is 4.47. The summed E-state index contributed by atoms with van der Waals surface area (Å²) in [5.74, 6) is 0.862. The SMILES string of the molecule is CCCCCOCCCCCC(C)C. The maximum absolute atomic E-state index is 5.54. The normalized spacial score (nSPS) is 11.1. The molecule has 0 spiro atoms. The van der Waals surface area contributed by atoms with E-state index in [0.717, 1.165) is 19.1 Å². The van der Waals surface area contributed by atoms with Crippen molar-refractivity contribution in [2.24, 2.45) is 5.92 Å².